The third-order valence-corrected chi connectivity index (χ3v) is 8.37. The van der Waals surface area contributed by atoms with E-state index >= 15 is 0 Å². The van der Waals surface area contributed by atoms with E-state index in [0.717, 1.165) is 64.2 Å². The van der Waals surface area contributed by atoms with Gasteiger partial charge in [0.05, 0.1) is 34.4 Å². The number of carboxylic acids is 1. The number of carbonyl (C=O) groups excluding carboxylic acids is 2. The van der Waals surface area contributed by atoms with Gasteiger partial charge in [-0.2, -0.15) is 0 Å². The monoisotopic (exact) mass is 679 g/mol. The molecular formula is C40H72NO7+. The van der Waals surface area contributed by atoms with Crippen LogP contribution in [0.3, 0.4) is 0 Å². The largest absolute Gasteiger partial charge is 0.477 e. The summed E-state index contributed by atoms with van der Waals surface area (Å²) >= 11 is 0. The zero-order valence-corrected chi connectivity index (χ0v) is 31.4. The standard InChI is InChI=1S/C40H71NO7/c1-6-8-10-12-14-16-18-19-21-23-25-27-29-31-39(43)48-36(34-46-33-32-37(40(44)45)41(3,4)5)35-47-38(42)30-28-26-24-22-20-17-15-13-11-9-7-2/h8,10,12,14,16,18,36-37H,6-7,9,11,13,15,17,19-35H2,1-5H3/p+1/b10-8+,14-12+,18-16+. The summed E-state index contributed by atoms with van der Waals surface area (Å²) in [6.07, 6.45) is 33.3. The third kappa shape index (κ3) is 29.7. The Morgan fingerprint density at radius 3 is 1.71 bits per heavy atom. The molecule has 1 N–H and O–H groups in total. The first-order valence-corrected chi connectivity index (χ1v) is 19.1. The summed E-state index contributed by atoms with van der Waals surface area (Å²) < 4.78 is 17.2. The van der Waals surface area contributed by atoms with Gasteiger partial charge < -0.3 is 23.8 Å². The van der Waals surface area contributed by atoms with Gasteiger partial charge in [-0.05, 0) is 32.1 Å². The summed E-state index contributed by atoms with van der Waals surface area (Å²) in [6.45, 7) is 4.56. The van der Waals surface area contributed by atoms with Crippen LogP contribution in [0.2, 0.25) is 0 Å². The lowest BCUT2D eigenvalue weighted by Gasteiger charge is -2.31. The molecule has 0 rings (SSSR count). The normalized spacial score (nSPS) is 13.4. The predicted molar refractivity (Wildman–Crippen MR) is 197 cm³/mol. The molecule has 0 heterocycles. The number of nitrogens with zero attached hydrogens (tertiary/aromatic N) is 1. The number of rotatable bonds is 33. The molecule has 2 unspecified atom stereocenters. The van der Waals surface area contributed by atoms with Crippen LogP contribution in [0.4, 0.5) is 0 Å². The first kappa shape index (κ1) is 45.6. The molecule has 8 nitrogen and oxygen atoms in total. The van der Waals surface area contributed by atoms with Crippen LogP contribution in [0.1, 0.15) is 149 Å². The van der Waals surface area contributed by atoms with E-state index in [1.807, 2.05) is 33.3 Å². The number of hydrogen-bond donors (Lipinski definition) is 1. The lowest BCUT2D eigenvalue weighted by atomic mass is 10.1. The van der Waals surface area contributed by atoms with E-state index < -0.39 is 18.1 Å². The molecule has 278 valence electrons. The van der Waals surface area contributed by atoms with Crippen molar-refractivity contribution in [2.45, 2.75) is 161 Å². The van der Waals surface area contributed by atoms with Gasteiger partial charge >= 0.3 is 17.9 Å². The van der Waals surface area contributed by atoms with Crippen LogP contribution in [0.15, 0.2) is 36.5 Å². The Labute approximate surface area is 293 Å². The summed E-state index contributed by atoms with van der Waals surface area (Å²) in [6, 6.07) is -0.615. The first-order valence-electron chi connectivity index (χ1n) is 19.1. The van der Waals surface area contributed by atoms with Crippen molar-refractivity contribution in [3.8, 4) is 0 Å². The number of hydrogen-bond acceptors (Lipinski definition) is 6. The van der Waals surface area contributed by atoms with Crippen molar-refractivity contribution >= 4 is 17.9 Å². The van der Waals surface area contributed by atoms with Gasteiger partial charge in [0.25, 0.3) is 0 Å². The van der Waals surface area contributed by atoms with E-state index in [0.29, 0.717) is 19.3 Å². The fourth-order valence-electron chi connectivity index (χ4n) is 5.38. The number of carboxylic acid groups (broad SMARTS) is 1. The highest BCUT2D eigenvalue weighted by atomic mass is 16.6. The zero-order valence-electron chi connectivity index (χ0n) is 31.4. The molecule has 2 atom stereocenters. The molecule has 0 fully saturated rings. The quantitative estimate of drug-likeness (QED) is 0.0319. The smallest absolute Gasteiger partial charge is 0.362 e. The van der Waals surface area contributed by atoms with Crippen LogP contribution in [0.5, 0.6) is 0 Å². The number of likely N-dealkylation sites (N-methyl/N-ethyl adjacent to an activating group) is 1. The second kappa shape index (κ2) is 31.8. The Balaban J connectivity index is 4.46. The maximum absolute atomic E-state index is 12.6. The number of unbranched alkanes of at least 4 members (excludes halogenated alkanes) is 15. The topological polar surface area (TPSA) is 99.1 Å². The molecule has 0 aliphatic heterocycles. The molecule has 0 aromatic carbocycles. The number of esters is 2. The Kier molecular flexibility index (Phi) is 30.2. The molecular weight excluding hydrogens is 606 g/mol. The molecule has 8 heteroatoms. The van der Waals surface area contributed by atoms with Gasteiger partial charge in [-0.3, -0.25) is 9.59 Å². The van der Waals surface area contributed by atoms with Crippen LogP contribution >= 0.6 is 0 Å². The molecule has 0 aromatic heterocycles. The second-order valence-corrected chi connectivity index (χ2v) is 13.9. The minimum atomic E-state index is -0.880. The van der Waals surface area contributed by atoms with Crippen molar-refractivity contribution in [2.24, 2.45) is 0 Å². The third-order valence-electron chi connectivity index (χ3n) is 8.37. The van der Waals surface area contributed by atoms with E-state index in [9.17, 15) is 19.5 Å². The highest BCUT2D eigenvalue weighted by molar-refractivity contribution is 5.72. The average Bonchev–Trinajstić information content (AvgIpc) is 3.03. The number of quaternary nitrogens is 1. The van der Waals surface area contributed by atoms with E-state index in [2.05, 4.69) is 38.2 Å². The van der Waals surface area contributed by atoms with Crippen molar-refractivity contribution < 1.29 is 38.2 Å². The summed E-state index contributed by atoms with van der Waals surface area (Å²) in [5.74, 6) is -1.50. The van der Waals surface area contributed by atoms with Crippen molar-refractivity contribution in [3.05, 3.63) is 36.5 Å². The van der Waals surface area contributed by atoms with Crippen LogP contribution < -0.4 is 0 Å². The van der Waals surface area contributed by atoms with Gasteiger partial charge in [-0.25, -0.2) is 4.79 Å². The average molecular weight is 679 g/mol. The molecule has 0 bridgehead atoms. The minimum absolute atomic E-state index is 0.0541. The van der Waals surface area contributed by atoms with E-state index in [1.54, 1.807) is 0 Å². The maximum atomic E-state index is 12.6. The molecule has 0 radical (unpaired) electrons. The van der Waals surface area contributed by atoms with Gasteiger partial charge in [0.15, 0.2) is 12.1 Å². The van der Waals surface area contributed by atoms with E-state index in [1.165, 1.54) is 51.4 Å². The molecule has 0 aliphatic carbocycles. The van der Waals surface area contributed by atoms with Crippen molar-refractivity contribution in [2.75, 3.05) is 41.0 Å². The summed E-state index contributed by atoms with van der Waals surface area (Å²) in [7, 11) is 5.50. The van der Waals surface area contributed by atoms with Crippen LogP contribution in [0.25, 0.3) is 0 Å². The molecule has 0 saturated carbocycles. The Morgan fingerprint density at radius 2 is 1.17 bits per heavy atom. The summed E-state index contributed by atoms with van der Waals surface area (Å²) in [4.78, 5) is 36.7. The molecule has 0 saturated heterocycles. The van der Waals surface area contributed by atoms with Gasteiger partial charge in [0.2, 0.25) is 0 Å². The SMILES string of the molecule is CC/C=C/C=C/C=C/CCCCCCCC(=O)OC(COCCC(C(=O)O)[N+](C)(C)C)COC(=O)CCCCCCCCCCCCC. The lowest BCUT2D eigenvalue weighted by Crippen LogP contribution is -2.50. The molecule has 0 aromatic rings. The number of carbonyl (C=O) groups is 3. The fourth-order valence-corrected chi connectivity index (χ4v) is 5.38. The van der Waals surface area contributed by atoms with Crippen molar-refractivity contribution in [3.63, 3.8) is 0 Å². The summed E-state index contributed by atoms with van der Waals surface area (Å²) in [5.41, 5.74) is 0. The molecule has 0 aliphatic rings. The molecule has 0 spiro atoms. The Bertz CT molecular complexity index is 891. The molecule has 48 heavy (non-hydrogen) atoms. The second-order valence-electron chi connectivity index (χ2n) is 13.9. The zero-order chi connectivity index (χ0) is 35.7. The van der Waals surface area contributed by atoms with Gasteiger partial charge in [-0.15, -0.1) is 0 Å². The van der Waals surface area contributed by atoms with Crippen LogP contribution in [-0.4, -0.2) is 80.6 Å². The van der Waals surface area contributed by atoms with Gasteiger partial charge in [-0.1, -0.05) is 134 Å². The number of ether oxygens (including phenoxy) is 3. The highest BCUT2D eigenvalue weighted by Gasteiger charge is 2.31. The maximum Gasteiger partial charge on any atom is 0.362 e. The lowest BCUT2D eigenvalue weighted by molar-refractivity contribution is -0.887. The fraction of sp³-hybridized carbons (Fsp3) is 0.775. The molecule has 0 amide bonds. The van der Waals surface area contributed by atoms with Crippen molar-refractivity contribution in [1.29, 1.82) is 0 Å². The Hall–Kier alpha value is -2.45. The van der Waals surface area contributed by atoms with Crippen molar-refractivity contribution in [1.82, 2.24) is 0 Å². The van der Waals surface area contributed by atoms with E-state index in [4.69, 9.17) is 14.2 Å². The number of allylic oxidation sites excluding steroid dienone is 6. The first-order chi connectivity index (χ1) is 23.1. The highest BCUT2D eigenvalue weighted by Crippen LogP contribution is 2.14. The minimum Gasteiger partial charge on any atom is -0.477 e. The number of aliphatic carboxylic acids is 1. The Morgan fingerprint density at radius 1 is 0.646 bits per heavy atom. The van der Waals surface area contributed by atoms with Crippen LogP contribution in [-0.2, 0) is 28.6 Å². The van der Waals surface area contributed by atoms with Gasteiger partial charge in [0.1, 0.15) is 6.61 Å². The van der Waals surface area contributed by atoms with E-state index in [-0.39, 0.29) is 36.2 Å². The predicted octanol–water partition coefficient (Wildman–Crippen LogP) is 9.52. The summed E-state index contributed by atoms with van der Waals surface area (Å²) in [5, 5.41) is 9.57. The van der Waals surface area contributed by atoms with Gasteiger partial charge in [0, 0.05) is 19.3 Å². The van der Waals surface area contributed by atoms with Crippen LogP contribution in [0, 0.1) is 0 Å².